The van der Waals surface area contributed by atoms with Crippen molar-refractivity contribution in [3.8, 4) is 0 Å². The Bertz CT molecular complexity index is 521. The second kappa shape index (κ2) is 6.69. The van der Waals surface area contributed by atoms with Gasteiger partial charge >= 0.3 is 5.97 Å². The summed E-state index contributed by atoms with van der Waals surface area (Å²) in [6.07, 6.45) is -3.18. The van der Waals surface area contributed by atoms with Gasteiger partial charge in [0.2, 0.25) is 5.91 Å². The summed E-state index contributed by atoms with van der Waals surface area (Å²) in [7, 11) is 0. The number of benzene rings is 1. The molecule has 0 aliphatic carbocycles. The van der Waals surface area contributed by atoms with Crippen LogP contribution in [0.3, 0.4) is 0 Å². The first-order chi connectivity index (χ1) is 9.61. The first-order valence-electron chi connectivity index (χ1n) is 6.58. The third-order valence-corrected chi connectivity index (χ3v) is 2.67. The fraction of sp³-hybridized carbons (Fsp3) is 0.467. The molecule has 1 amide bonds. The van der Waals surface area contributed by atoms with E-state index in [1.165, 1.54) is 12.1 Å². The smallest absolute Gasteiger partial charge is 0.339 e. The minimum atomic E-state index is -1.40. The van der Waals surface area contributed by atoms with Gasteiger partial charge in [0.05, 0.1) is 18.1 Å². The first-order valence-corrected chi connectivity index (χ1v) is 6.58. The molecular formula is C15H21NO5. The van der Waals surface area contributed by atoms with Crippen molar-refractivity contribution in [3.05, 3.63) is 35.4 Å². The molecule has 1 aromatic rings. The van der Waals surface area contributed by atoms with Crippen LogP contribution in [0.4, 0.5) is 0 Å². The van der Waals surface area contributed by atoms with Crippen molar-refractivity contribution in [2.45, 2.75) is 45.0 Å². The van der Waals surface area contributed by atoms with Gasteiger partial charge in [-0.3, -0.25) is 4.79 Å². The van der Waals surface area contributed by atoms with Gasteiger partial charge in [-0.2, -0.15) is 0 Å². The lowest BCUT2D eigenvalue weighted by Crippen LogP contribution is -2.28. The van der Waals surface area contributed by atoms with Crippen molar-refractivity contribution in [1.82, 2.24) is 0 Å². The van der Waals surface area contributed by atoms with Crippen LogP contribution in [-0.2, 0) is 9.53 Å². The summed E-state index contributed by atoms with van der Waals surface area (Å²) in [6.45, 7) is 5.18. The highest BCUT2D eigenvalue weighted by Gasteiger charge is 2.27. The van der Waals surface area contributed by atoms with Crippen molar-refractivity contribution in [2.75, 3.05) is 0 Å². The Hall–Kier alpha value is -1.92. The standard InChI is InChI=1S/C15H21NO5/c1-15(2,3)21-14(20)10-7-5-4-6-9(10)13(19)11(17)8-12(16)18/h4-7,11,13,17,19H,8H2,1-3H3,(H2,16,18). The molecule has 2 unspecified atom stereocenters. The van der Waals surface area contributed by atoms with E-state index >= 15 is 0 Å². The molecule has 0 spiro atoms. The molecule has 0 aliphatic heterocycles. The van der Waals surface area contributed by atoms with Gasteiger partial charge in [0, 0.05) is 0 Å². The van der Waals surface area contributed by atoms with Crippen molar-refractivity contribution in [3.63, 3.8) is 0 Å². The maximum atomic E-state index is 12.1. The number of hydrogen-bond acceptors (Lipinski definition) is 5. The van der Waals surface area contributed by atoms with Crippen molar-refractivity contribution in [2.24, 2.45) is 5.73 Å². The van der Waals surface area contributed by atoms with E-state index in [9.17, 15) is 19.8 Å². The van der Waals surface area contributed by atoms with Gasteiger partial charge in [-0.15, -0.1) is 0 Å². The van der Waals surface area contributed by atoms with Crippen LogP contribution in [-0.4, -0.2) is 33.8 Å². The number of ether oxygens (including phenoxy) is 1. The van der Waals surface area contributed by atoms with E-state index in [1.54, 1.807) is 32.9 Å². The van der Waals surface area contributed by atoms with Crippen molar-refractivity contribution >= 4 is 11.9 Å². The number of aliphatic hydroxyl groups is 2. The average molecular weight is 295 g/mol. The van der Waals surface area contributed by atoms with E-state index in [-0.39, 0.29) is 11.1 Å². The van der Waals surface area contributed by atoms with Crippen LogP contribution in [0.1, 0.15) is 49.2 Å². The maximum absolute atomic E-state index is 12.1. The largest absolute Gasteiger partial charge is 0.456 e. The van der Waals surface area contributed by atoms with Gasteiger partial charge in [-0.25, -0.2) is 4.79 Å². The number of primary amides is 1. The van der Waals surface area contributed by atoms with Gasteiger partial charge in [0.1, 0.15) is 11.7 Å². The monoisotopic (exact) mass is 295 g/mol. The van der Waals surface area contributed by atoms with E-state index in [2.05, 4.69) is 0 Å². The molecule has 6 nitrogen and oxygen atoms in total. The van der Waals surface area contributed by atoms with Gasteiger partial charge < -0.3 is 20.7 Å². The van der Waals surface area contributed by atoms with Gasteiger partial charge in [-0.1, -0.05) is 18.2 Å². The Morgan fingerprint density at radius 1 is 1.24 bits per heavy atom. The Morgan fingerprint density at radius 2 is 1.81 bits per heavy atom. The van der Waals surface area contributed by atoms with Crippen LogP contribution in [0.2, 0.25) is 0 Å². The molecule has 0 saturated heterocycles. The zero-order chi connectivity index (χ0) is 16.2. The van der Waals surface area contributed by atoms with E-state index in [0.29, 0.717) is 0 Å². The molecule has 2 atom stereocenters. The normalized spacial score (nSPS) is 14.3. The van der Waals surface area contributed by atoms with E-state index < -0.39 is 36.1 Å². The van der Waals surface area contributed by atoms with E-state index in [4.69, 9.17) is 10.5 Å². The fourth-order valence-corrected chi connectivity index (χ4v) is 1.80. The Morgan fingerprint density at radius 3 is 2.33 bits per heavy atom. The summed E-state index contributed by atoms with van der Waals surface area (Å²) in [5, 5.41) is 19.9. The third-order valence-electron chi connectivity index (χ3n) is 2.67. The topological polar surface area (TPSA) is 110 Å². The fourth-order valence-electron chi connectivity index (χ4n) is 1.80. The summed E-state index contributed by atoms with van der Waals surface area (Å²) in [5.41, 5.74) is 4.65. The maximum Gasteiger partial charge on any atom is 0.339 e. The van der Waals surface area contributed by atoms with Crippen LogP contribution in [0.5, 0.6) is 0 Å². The number of esters is 1. The number of amides is 1. The van der Waals surface area contributed by atoms with Crippen LogP contribution >= 0.6 is 0 Å². The zero-order valence-corrected chi connectivity index (χ0v) is 12.4. The molecule has 0 radical (unpaired) electrons. The lowest BCUT2D eigenvalue weighted by molar-refractivity contribution is -0.121. The average Bonchev–Trinajstić information content (AvgIpc) is 2.35. The SMILES string of the molecule is CC(C)(C)OC(=O)c1ccccc1C(O)C(O)CC(N)=O. The van der Waals surface area contributed by atoms with Gasteiger partial charge in [0.15, 0.2) is 0 Å². The highest BCUT2D eigenvalue weighted by molar-refractivity contribution is 5.91. The molecule has 0 saturated carbocycles. The number of rotatable bonds is 5. The number of carbonyl (C=O) groups excluding carboxylic acids is 2. The summed E-state index contributed by atoms with van der Waals surface area (Å²) in [4.78, 5) is 22.9. The molecular weight excluding hydrogens is 274 g/mol. The number of aliphatic hydroxyl groups excluding tert-OH is 2. The molecule has 6 heteroatoms. The van der Waals surface area contributed by atoms with E-state index in [0.717, 1.165) is 0 Å². The van der Waals surface area contributed by atoms with Crippen molar-refractivity contribution in [1.29, 1.82) is 0 Å². The quantitative estimate of drug-likeness (QED) is 0.699. The number of carbonyl (C=O) groups is 2. The highest BCUT2D eigenvalue weighted by Crippen LogP contribution is 2.24. The third kappa shape index (κ3) is 5.17. The van der Waals surface area contributed by atoms with Crippen LogP contribution < -0.4 is 5.73 Å². The van der Waals surface area contributed by atoms with Gasteiger partial charge in [-0.05, 0) is 32.4 Å². The molecule has 0 aliphatic rings. The Kier molecular flexibility index (Phi) is 5.46. The Labute approximate surface area is 123 Å². The predicted octanol–water partition coefficient (Wildman–Crippen LogP) is 0.912. The molecule has 1 rings (SSSR count). The first kappa shape index (κ1) is 17.1. The minimum absolute atomic E-state index is 0.142. The molecule has 0 heterocycles. The molecule has 0 aromatic heterocycles. The summed E-state index contributed by atoms with van der Waals surface area (Å²) < 4.78 is 5.25. The van der Waals surface area contributed by atoms with Crippen LogP contribution in [0.15, 0.2) is 24.3 Å². The summed E-state index contributed by atoms with van der Waals surface area (Å²) in [6, 6.07) is 6.22. The molecule has 0 bridgehead atoms. The molecule has 116 valence electrons. The minimum Gasteiger partial charge on any atom is -0.456 e. The van der Waals surface area contributed by atoms with Crippen LogP contribution in [0.25, 0.3) is 0 Å². The highest BCUT2D eigenvalue weighted by atomic mass is 16.6. The molecule has 0 fully saturated rings. The number of hydrogen-bond donors (Lipinski definition) is 3. The van der Waals surface area contributed by atoms with Crippen molar-refractivity contribution < 1.29 is 24.5 Å². The summed E-state index contributed by atoms with van der Waals surface area (Å²) >= 11 is 0. The molecule has 1 aromatic carbocycles. The zero-order valence-electron chi connectivity index (χ0n) is 12.4. The van der Waals surface area contributed by atoms with E-state index in [1.807, 2.05) is 0 Å². The predicted molar refractivity (Wildman–Crippen MR) is 76.4 cm³/mol. The second-order valence-corrected chi connectivity index (χ2v) is 5.77. The molecule has 4 N–H and O–H groups in total. The Balaban J connectivity index is 3.03. The number of nitrogens with two attached hydrogens (primary N) is 1. The van der Waals surface area contributed by atoms with Gasteiger partial charge in [0.25, 0.3) is 0 Å². The molecule has 21 heavy (non-hydrogen) atoms. The second-order valence-electron chi connectivity index (χ2n) is 5.77. The lowest BCUT2D eigenvalue weighted by atomic mass is 9.97. The summed E-state index contributed by atoms with van der Waals surface area (Å²) in [5.74, 6) is -1.35. The van der Waals surface area contributed by atoms with Crippen LogP contribution in [0, 0.1) is 0 Å². The lowest BCUT2D eigenvalue weighted by Gasteiger charge is -2.23.